The second-order valence-electron chi connectivity index (χ2n) is 1.78. The first-order valence-electron chi connectivity index (χ1n) is 2.98. The van der Waals surface area contributed by atoms with Crippen LogP contribution in [0.5, 0.6) is 0 Å². The molecule has 0 radical (unpaired) electrons. The van der Waals surface area contributed by atoms with Crippen molar-refractivity contribution in [2.24, 2.45) is 0 Å². The lowest BCUT2D eigenvalue weighted by molar-refractivity contribution is 0.233. The monoisotopic (exact) mass is 219 g/mol. The van der Waals surface area contributed by atoms with E-state index in [4.69, 9.17) is 11.6 Å². The van der Waals surface area contributed by atoms with Crippen LogP contribution in [-0.4, -0.2) is 26.6 Å². The van der Waals surface area contributed by atoms with E-state index in [0.717, 1.165) is 0 Å². The van der Waals surface area contributed by atoms with Crippen LogP contribution >= 0.6 is 11.6 Å². The molecule has 0 fully saturated rings. The predicted molar refractivity (Wildman–Crippen MR) is 42.8 cm³/mol. The summed E-state index contributed by atoms with van der Waals surface area (Å²) >= 11 is 5.20. The number of hydrogen-bond donors (Lipinski definition) is 1. The Morgan fingerprint density at radius 1 is 1.42 bits per heavy atom. The number of allylic oxidation sites excluding steroid dienone is 1. The molecule has 0 unspecified atom stereocenters. The molecule has 7 heteroatoms. The largest absolute Gasteiger partial charge is 0.350 e. The Kier molecular flexibility index (Phi) is 5.36. The number of sulfonamides is 1. The van der Waals surface area contributed by atoms with Crippen LogP contribution in [0.1, 0.15) is 0 Å². The van der Waals surface area contributed by atoms with Gasteiger partial charge in [-0.25, -0.2) is 13.1 Å². The summed E-state index contributed by atoms with van der Waals surface area (Å²) in [6, 6.07) is 0. The average Bonchev–Trinajstić information content (AvgIpc) is 1.98. The molecule has 0 rings (SSSR count). The fourth-order valence-electron chi connectivity index (χ4n) is 0.374. The van der Waals surface area contributed by atoms with Gasteiger partial charge < -0.3 is 0 Å². The Bertz CT molecular complexity index is 240. The second kappa shape index (κ2) is 5.45. The van der Waals surface area contributed by atoms with E-state index in [2.05, 4.69) is 0 Å². The van der Waals surface area contributed by atoms with Crippen LogP contribution in [0, 0.1) is 0 Å². The SMILES string of the molecule is O=S(=O)(NC/C=C/CCl)C(F)F. The Balaban J connectivity index is 3.86. The van der Waals surface area contributed by atoms with Crippen LogP contribution in [0.3, 0.4) is 0 Å². The minimum Gasteiger partial charge on any atom is -0.206 e. The van der Waals surface area contributed by atoms with E-state index in [1.54, 1.807) is 4.72 Å². The van der Waals surface area contributed by atoms with E-state index in [9.17, 15) is 17.2 Å². The minimum absolute atomic E-state index is 0.167. The Labute approximate surface area is 74.5 Å². The van der Waals surface area contributed by atoms with Gasteiger partial charge in [-0.2, -0.15) is 8.78 Å². The van der Waals surface area contributed by atoms with Crippen molar-refractivity contribution in [2.45, 2.75) is 5.76 Å². The molecule has 0 aromatic heterocycles. The van der Waals surface area contributed by atoms with E-state index in [1.807, 2.05) is 0 Å². The van der Waals surface area contributed by atoms with Gasteiger partial charge >= 0.3 is 5.76 Å². The van der Waals surface area contributed by atoms with Gasteiger partial charge in [-0.3, -0.25) is 0 Å². The fraction of sp³-hybridized carbons (Fsp3) is 0.600. The topological polar surface area (TPSA) is 46.2 Å². The Hall–Kier alpha value is -0.200. The van der Waals surface area contributed by atoms with Crippen molar-refractivity contribution in [1.29, 1.82) is 0 Å². The first kappa shape index (κ1) is 11.8. The smallest absolute Gasteiger partial charge is 0.206 e. The first-order valence-corrected chi connectivity index (χ1v) is 5.06. The first-order chi connectivity index (χ1) is 5.50. The molecule has 1 N–H and O–H groups in total. The average molecular weight is 220 g/mol. The van der Waals surface area contributed by atoms with Crippen molar-refractivity contribution in [1.82, 2.24) is 4.72 Å². The molecule has 0 heterocycles. The van der Waals surface area contributed by atoms with E-state index >= 15 is 0 Å². The maximum Gasteiger partial charge on any atom is 0.350 e. The van der Waals surface area contributed by atoms with Gasteiger partial charge in [0.25, 0.3) is 10.0 Å². The number of alkyl halides is 3. The number of halogens is 3. The summed E-state index contributed by atoms with van der Waals surface area (Å²) < 4.78 is 45.6. The summed E-state index contributed by atoms with van der Waals surface area (Å²) in [5, 5.41) is 0. The summed E-state index contributed by atoms with van der Waals surface area (Å²) in [4.78, 5) is 0. The van der Waals surface area contributed by atoms with Crippen molar-refractivity contribution in [2.75, 3.05) is 12.4 Å². The minimum atomic E-state index is -4.46. The highest BCUT2D eigenvalue weighted by atomic mass is 35.5. The molecule has 0 saturated heterocycles. The lowest BCUT2D eigenvalue weighted by atomic mass is 10.5. The molecule has 0 saturated carbocycles. The van der Waals surface area contributed by atoms with Gasteiger partial charge in [0.2, 0.25) is 0 Å². The molecule has 0 aromatic rings. The zero-order chi connectivity index (χ0) is 9.61. The molecule has 12 heavy (non-hydrogen) atoms. The number of nitrogens with one attached hydrogen (secondary N) is 1. The molecule has 72 valence electrons. The number of hydrogen-bond acceptors (Lipinski definition) is 2. The summed E-state index contributed by atoms with van der Waals surface area (Å²) in [5.74, 6) is -3.17. The van der Waals surface area contributed by atoms with Gasteiger partial charge in [-0.05, 0) is 0 Å². The normalized spacial score (nSPS) is 13.0. The van der Waals surface area contributed by atoms with Gasteiger partial charge in [-0.15, -0.1) is 11.6 Å². The van der Waals surface area contributed by atoms with Gasteiger partial charge in [-0.1, -0.05) is 12.2 Å². The van der Waals surface area contributed by atoms with Gasteiger partial charge in [0.05, 0.1) is 0 Å². The third-order valence-corrected chi connectivity index (χ3v) is 2.11. The van der Waals surface area contributed by atoms with Crippen molar-refractivity contribution in [3.05, 3.63) is 12.2 Å². The predicted octanol–water partition coefficient (Wildman–Crippen LogP) is 0.923. The molecule has 0 aliphatic heterocycles. The van der Waals surface area contributed by atoms with Crippen LogP contribution in [0.15, 0.2) is 12.2 Å². The van der Waals surface area contributed by atoms with Gasteiger partial charge in [0.15, 0.2) is 0 Å². The summed E-state index contributed by atoms with van der Waals surface area (Å²) in [6.07, 6.45) is 2.81. The van der Waals surface area contributed by atoms with Gasteiger partial charge in [0.1, 0.15) is 0 Å². The second-order valence-corrected chi connectivity index (χ2v) is 3.82. The molecule has 3 nitrogen and oxygen atoms in total. The molecule has 0 aliphatic carbocycles. The van der Waals surface area contributed by atoms with E-state index < -0.39 is 15.8 Å². The summed E-state index contributed by atoms with van der Waals surface area (Å²) in [6.45, 7) is -0.167. The Morgan fingerprint density at radius 2 is 2.00 bits per heavy atom. The van der Waals surface area contributed by atoms with Crippen LogP contribution in [0.2, 0.25) is 0 Å². The molecule has 0 atom stereocenters. The highest BCUT2D eigenvalue weighted by Crippen LogP contribution is 2.00. The third kappa shape index (κ3) is 4.63. The summed E-state index contributed by atoms with van der Waals surface area (Å²) in [7, 11) is -4.46. The van der Waals surface area contributed by atoms with Crippen LogP contribution in [0.25, 0.3) is 0 Å². The maximum atomic E-state index is 11.6. The van der Waals surface area contributed by atoms with Crippen molar-refractivity contribution < 1.29 is 17.2 Å². The Morgan fingerprint density at radius 3 is 2.42 bits per heavy atom. The molecular formula is C5H8ClF2NO2S. The molecule has 0 aromatic carbocycles. The summed E-state index contributed by atoms with van der Waals surface area (Å²) in [5.41, 5.74) is 0. The number of rotatable bonds is 5. The van der Waals surface area contributed by atoms with Gasteiger partial charge in [0, 0.05) is 12.4 Å². The van der Waals surface area contributed by atoms with Crippen LogP contribution < -0.4 is 4.72 Å². The molecule has 0 spiro atoms. The maximum absolute atomic E-state index is 11.6. The standard InChI is InChI=1S/C5H8ClF2NO2S/c6-3-1-2-4-9-12(10,11)5(7)8/h1-2,5,9H,3-4H2/b2-1+. The van der Waals surface area contributed by atoms with Crippen LogP contribution in [-0.2, 0) is 10.0 Å². The molecule has 0 aliphatic rings. The highest BCUT2D eigenvalue weighted by Gasteiger charge is 2.21. The van der Waals surface area contributed by atoms with Crippen LogP contribution in [0.4, 0.5) is 8.78 Å². The zero-order valence-electron chi connectivity index (χ0n) is 6.00. The fourth-order valence-corrected chi connectivity index (χ4v) is 0.954. The van der Waals surface area contributed by atoms with Crippen molar-refractivity contribution in [3.8, 4) is 0 Å². The molecular weight excluding hydrogens is 212 g/mol. The van der Waals surface area contributed by atoms with E-state index in [0.29, 0.717) is 0 Å². The highest BCUT2D eigenvalue weighted by molar-refractivity contribution is 7.89. The zero-order valence-corrected chi connectivity index (χ0v) is 7.58. The molecule has 0 bridgehead atoms. The lowest BCUT2D eigenvalue weighted by Gasteiger charge is -2.00. The van der Waals surface area contributed by atoms with Crippen molar-refractivity contribution >= 4 is 21.6 Å². The van der Waals surface area contributed by atoms with E-state index in [1.165, 1.54) is 12.2 Å². The third-order valence-electron chi connectivity index (χ3n) is 0.893. The lowest BCUT2D eigenvalue weighted by Crippen LogP contribution is -2.29. The van der Waals surface area contributed by atoms with Crippen molar-refractivity contribution in [3.63, 3.8) is 0 Å². The van der Waals surface area contributed by atoms with E-state index in [-0.39, 0.29) is 12.4 Å². The molecule has 0 amide bonds. The quantitative estimate of drug-likeness (QED) is 0.552.